The second kappa shape index (κ2) is 8.27. The highest BCUT2D eigenvalue weighted by Gasteiger charge is 2.25. The van der Waals surface area contributed by atoms with E-state index in [1.54, 1.807) is 22.8 Å². The molecule has 26 heavy (non-hydrogen) atoms. The molecule has 0 N–H and O–H groups in total. The summed E-state index contributed by atoms with van der Waals surface area (Å²) < 4.78 is 1.56. The number of hydrogen-bond acceptors (Lipinski definition) is 5. The van der Waals surface area contributed by atoms with E-state index in [-0.39, 0.29) is 24.3 Å². The molecule has 2 aromatic rings. The van der Waals surface area contributed by atoms with Crippen LogP contribution in [0.25, 0.3) is 6.08 Å². The molecule has 0 spiro atoms. The van der Waals surface area contributed by atoms with Gasteiger partial charge in [0.05, 0.1) is 6.04 Å². The third-order valence-electron chi connectivity index (χ3n) is 4.60. The number of likely N-dealkylation sites (tertiary alicyclic amines) is 1. The predicted octanol–water partition coefficient (Wildman–Crippen LogP) is 3.65. The average Bonchev–Trinajstić information content (AvgIpc) is 3.18. The summed E-state index contributed by atoms with van der Waals surface area (Å²) in [6.45, 7) is 2.47. The van der Waals surface area contributed by atoms with E-state index in [0.29, 0.717) is 12.4 Å². The van der Waals surface area contributed by atoms with Crippen molar-refractivity contribution in [1.82, 2.24) is 14.5 Å². The molecule has 1 atom stereocenters. The largest absolute Gasteiger partial charge is 0.381 e. The standard InChI is InChI=1S/C18H22N4O3S/c1-14-19-17(22(24)25)12-20(14)13-18(23)21-10-4-2-3-6-15(21)8-9-16-7-5-11-26-16/h5,7-9,11-12,15H,2-4,6,10,13H2,1H3. The maximum absolute atomic E-state index is 12.9. The summed E-state index contributed by atoms with van der Waals surface area (Å²) in [5.41, 5.74) is 0. The molecule has 0 saturated carbocycles. The van der Waals surface area contributed by atoms with Crippen molar-refractivity contribution in [1.29, 1.82) is 0 Å². The molecule has 1 saturated heterocycles. The Morgan fingerprint density at radius 1 is 1.46 bits per heavy atom. The number of thiophene rings is 1. The number of imidazole rings is 1. The third kappa shape index (κ3) is 4.37. The molecule has 1 aliphatic rings. The smallest absolute Gasteiger partial charge is 0.358 e. The molecule has 1 fully saturated rings. The van der Waals surface area contributed by atoms with E-state index in [2.05, 4.69) is 23.2 Å². The summed E-state index contributed by atoms with van der Waals surface area (Å²) >= 11 is 1.67. The van der Waals surface area contributed by atoms with Gasteiger partial charge >= 0.3 is 5.82 Å². The molecule has 8 heteroatoms. The number of carbonyl (C=O) groups excluding carboxylic acids is 1. The van der Waals surface area contributed by atoms with Crippen molar-refractivity contribution in [3.8, 4) is 0 Å². The summed E-state index contributed by atoms with van der Waals surface area (Å²) in [6.07, 6.45) is 9.66. The molecule has 0 aliphatic carbocycles. The lowest BCUT2D eigenvalue weighted by atomic mass is 10.1. The van der Waals surface area contributed by atoms with Crippen molar-refractivity contribution in [2.75, 3.05) is 6.54 Å². The van der Waals surface area contributed by atoms with Crippen LogP contribution in [0.4, 0.5) is 5.82 Å². The Bertz CT molecular complexity index is 797. The fourth-order valence-corrected chi connectivity index (χ4v) is 3.84. The van der Waals surface area contributed by atoms with Crippen LogP contribution in [0, 0.1) is 17.0 Å². The molecule has 3 heterocycles. The SMILES string of the molecule is Cc1nc([N+](=O)[O-])cn1CC(=O)N1CCCCCC1C=Cc1cccs1. The first kappa shape index (κ1) is 18.3. The molecule has 0 bridgehead atoms. The van der Waals surface area contributed by atoms with Gasteiger partial charge in [0.2, 0.25) is 11.7 Å². The summed E-state index contributed by atoms with van der Waals surface area (Å²) in [7, 11) is 0. The zero-order valence-electron chi connectivity index (χ0n) is 14.7. The van der Waals surface area contributed by atoms with Crippen molar-refractivity contribution in [3.05, 3.63) is 50.6 Å². The number of carbonyl (C=O) groups is 1. The van der Waals surface area contributed by atoms with E-state index in [1.807, 2.05) is 16.3 Å². The Morgan fingerprint density at radius 3 is 3.00 bits per heavy atom. The van der Waals surface area contributed by atoms with Crippen LogP contribution in [0.15, 0.2) is 29.8 Å². The highest BCUT2D eigenvalue weighted by Crippen LogP contribution is 2.21. The van der Waals surface area contributed by atoms with E-state index in [1.165, 1.54) is 11.1 Å². The van der Waals surface area contributed by atoms with Crippen LogP contribution in [0.1, 0.15) is 36.4 Å². The number of nitro groups is 1. The summed E-state index contributed by atoms with van der Waals surface area (Å²) in [4.78, 5) is 30.2. The number of hydrogen-bond donors (Lipinski definition) is 0. The Morgan fingerprint density at radius 2 is 2.31 bits per heavy atom. The molecule has 1 unspecified atom stereocenters. The zero-order valence-corrected chi connectivity index (χ0v) is 15.5. The lowest BCUT2D eigenvalue weighted by Gasteiger charge is -2.28. The first-order chi connectivity index (χ1) is 12.5. The van der Waals surface area contributed by atoms with Crippen molar-refractivity contribution in [3.63, 3.8) is 0 Å². The number of amides is 1. The highest BCUT2D eigenvalue weighted by molar-refractivity contribution is 7.10. The van der Waals surface area contributed by atoms with Crippen LogP contribution in [0.5, 0.6) is 0 Å². The van der Waals surface area contributed by atoms with Gasteiger partial charge in [-0.3, -0.25) is 9.36 Å². The predicted molar refractivity (Wildman–Crippen MR) is 101 cm³/mol. The molecule has 138 valence electrons. The monoisotopic (exact) mass is 374 g/mol. The average molecular weight is 374 g/mol. The minimum atomic E-state index is -0.535. The van der Waals surface area contributed by atoms with Crippen molar-refractivity contribution < 1.29 is 9.72 Å². The Balaban J connectivity index is 1.74. The second-order valence-corrected chi connectivity index (χ2v) is 7.39. The summed E-state index contributed by atoms with van der Waals surface area (Å²) in [5.74, 6) is 0.231. The Hall–Kier alpha value is -2.48. The van der Waals surface area contributed by atoms with E-state index in [4.69, 9.17) is 0 Å². The molecule has 2 aromatic heterocycles. The molecule has 1 amide bonds. The number of aryl methyl sites for hydroxylation is 1. The van der Waals surface area contributed by atoms with Gasteiger partial charge in [-0.2, -0.15) is 0 Å². The first-order valence-electron chi connectivity index (χ1n) is 8.74. The highest BCUT2D eigenvalue weighted by atomic mass is 32.1. The molecule has 0 aromatic carbocycles. The van der Waals surface area contributed by atoms with Crippen LogP contribution < -0.4 is 0 Å². The lowest BCUT2D eigenvalue weighted by molar-refractivity contribution is -0.389. The fraction of sp³-hybridized carbons (Fsp3) is 0.444. The molecule has 7 nitrogen and oxygen atoms in total. The van der Waals surface area contributed by atoms with E-state index >= 15 is 0 Å². The van der Waals surface area contributed by atoms with Crippen LogP contribution in [-0.4, -0.2) is 37.9 Å². The maximum atomic E-state index is 12.9. The quantitative estimate of drug-likeness (QED) is 0.591. The number of nitrogens with zero attached hydrogens (tertiary/aromatic N) is 4. The first-order valence-corrected chi connectivity index (χ1v) is 9.62. The molecule has 1 aliphatic heterocycles. The van der Waals surface area contributed by atoms with E-state index in [9.17, 15) is 14.9 Å². The van der Waals surface area contributed by atoms with Gasteiger partial charge < -0.3 is 15.0 Å². The third-order valence-corrected chi connectivity index (χ3v) is 5.44. The van der Waals surface area contributed by atoms with Crippen LogP contribution in [-0.2, 0) is 11.3 Å². The zero-order chi connectivity index (χ0) is 18.5. The van der Waals surface area contributed by atoms with Crippen molar-refractivity contribution in [2.24, 2.45) is 0 Å². The summed E-state index contributed by atoms with van der Waals surface area (Å²) in [6, 6.07) is 4.12. The topological polar surface area (TPSA) is 81.3 Å². The Kier molecular flexibility index (Phi) is 5.82. The van der Waals surface area contributed by atoms with Gasteiger partial charge in [0.15, 0.2) is 0 Å². The van der Waals surface area contributed by atoms with Crippen LogP contribution in [0.2, 0.25) is 0 Å². The second-order valence-electron chi connectivity index (χ2n) is 6.41. The minimum Gasteiger partial charge on any atom is -0.358 e. The normalized spacial score (nSPS) is 18.2. The molecular formula is C18H22N4O3S. The van der Waals surface area contributed by atoms with Gasteiger partial charge in [-0.25, -0.2) is 0 Å². The van der Waals surface area contributed by atoms with Gasteiger partial charge in [0.1, 0.15) is 12.7 Å². The van der Waals surface area contributed by atoms with Crippen LogP contribution in [0.3, 0.4) is 0 Å². The Labute approximate surface area is 156 Å². The maximum Gasteiger partial charge on any atom is 0.381 e. The molecule has 3 rings (SSSR count). The van der Waals surface area contributed by atoms with Gasteiger partial charge in [-0.15, -0.1) is 11.3 Å². The van der Waals surface area contributed by atoms with Crippen molar-refractivity contribution >= 4 is 29.1 Å². The number of aromatic nitrogens is 2. The minimum absolute atomic E-state index is 0.0249. The van der Waals surface area contributed by atoms with E-state index in [0.717, 1.165) is 25.7 Å². The van der Waals surface area contributed by atoms with Crippen molar-refractivity contribution in [2.45, 2.75) is 45.2 Å². The van der Waals surface area contributed by atoms with Gasteiger partial charge in [-0.1, -0.05) is 25.0 Å². The van der Waals surface area contributed by atoms with Gasteiger partial charge in [0, 0.05) is 18.3 Å². The molecule has 0 radical (unpaired) electrons. The van der Waals surface area contributed by atoms with Gasteiger partial charge in [-0.05, 0) is 40.3 Å². The fourth-order valence-electron chi connectivity index (χ4n) is 3.21. The molecular weight excluding hydrogens is 352 g/mol. The number of rotatable bonds is 5. The summed E-state index contributed by atoms with van der Waals surface area (Å²) in [5, 5.41) is 12.9. The lowest BCUT2D eigenvalue weighted by Crippen LogP contribution is -2.40. The van der Waals surface area contributed by atoms with Gasteiger partial charge in [0.25, 0.3) is 0 Å². The van der Waals surface area contributed by atoms with Crippen LogP contribution >= 0.6 is 11.3 Å². The van der Waals surface area contributed by atoms with E-state index < -0.39 is 4.92 Å².